The molecule has 3 N–H and O–H groups in total. The number of benzene rings is 1. The number of rotatable bonds is 3. The molecular formula is C13H11ClN2O3. The first kappa shape index (κ1) is 13.2. The van der Waals surface area contributed by atoms with Gasteiger partial charge in [0.2, 0.25) is 0 Å². The summed E-state index contributed by atoms with van der Waals surface area (Å²) in [7, 11) is 0. The van der Waals surface area contributed by atoms with Gasteiger partial charge in [-0.3, -0.25) is 4.79 Å². The zero-order chi connectivity index (χ0) is 14.0. The van der Waals surface area contributed by atoms with Gasteiger partial charge >= 0.3 is 5.97 Å². The van der Waals surface area contributed by atoms with Crippen molar-refractivity contribution >= 4 is 29.2 Å². The molecule has 5 nitrogen and oxygen atoms in total. The number of carboxylic acid groups (broad SMARTS) is 1. The molecule has 1 heterocycles. The normalized spacial score (nSPS) is 10.2. The molecule has 1 aromatic carbocycles. The van der Waals surface area contributed by atoms with E-state index < -0.39 is 11.9 Å². The zero-order valence-electron chi connectivity index (χ0n) is 10.0. The maximum atomic E-state index is 12.0. The number of anilines is 1. The van der Waals surface area contributed by atoms with Crippen molar-refractivity contribution < 1.29 is 14.7 Å². The van der Waals surface area contributed by atoms with Gasteiger partial charge in [-0.25, -0.2) is 4.79 Å². The average Bonchev–Trinajstić information content (AvgIpc) is 2.70. The Morgan fingerprint density at radius 2 is 2.00 bits per heavy atom. The van der Waals surface area contributed by atoms with Crippen LogP contribution in [-0.2, 0) is 0 Å². The number of aromatic nitrogens is 1. The molecule has 0 aliphatic heterocycles. The number of hydrogen-bond donors (Lipinski definition) is 3. The summed E-state index contributed by atoms with van der Waals surface area (Å²) in [5.41, 5.74) is 1.10. The predicted octanol–water partition coefficient (Wildman–Crippen LogP) is 2.93. The van der Waals surface area contributed by atoms with Gasteiger partial charge in [0, 0.05) is 5.69 Å². The average molecular weight is 279 g/mol. The van der Waals surface area contributed by atoms with Crippen molar-refractivity contribution in [3.8, 4) is 0 Å². The third-order valence-electron chi connectivity index (χ3n) is 2.53. The Labute approximate surface area is 114 Å². The summed E-state index contributed by atoms with van der Waals surface area (Å²) >= 11 is 5.91. The lowest BCUT2D eigenvalue weighted by Gasteiger charge is -2.05. The Kier molecular flexibility index (Phi) is 3.57. The van der Waals surface area contributed by atoms with Gasteiger partial charge in [0.05, 0.1) is 16.3 Å². The Morgan fingerprint density at radius 1 is 1.32 bits per heavy atom. The van der Waals surface area contributed by atoms with E-state index in [-0.39, 0.29) is 11.4 Å². The molecule has 2 aromatic rings. The van der Waals surface area contributed by atoms with Crippen molar-refractivity contribution in [2.45, 2.75) is 6.92 Å². The van der Waals surface area contributed by atoms with Gasteiger partial charge in [-0.15, -0.1) is 0 Å². The summed E-state index contributed by atoms with van der Waals surface area (Å²) in [6.45, 7) is 1.71. The number of carbonyl (C=O) groups excluding carboxylic acids is 1. The van der Waals surface area contributed by atoms with E-state index >= 15 is 0 Å². The molecule has 2 rings (SSSR count). The summed E-state index contributed by atoms with van der Waals surface area (Å²) in [4.78, 5) is 25.7. The quantitative estimate of drug-likeness (QED) is 0.807. The van der Waals surface area contributed by atoms with Crippen LogP contribution in [0.2, 0.25) is 5.02 Å². The molecule has 0 radical (unpaired) electrons. The van der Waals surface area contributed by atoms with E-state index in [2.05, 4.69) is 10.3 Å². The number of nitrogens with one attached hydrogen (secondary N) is 2. The lowest BCUT2D eigenvalue weighted by atomic mass is 10.2. The summed E-state index contributed by atoms with van der Waals surface area (Å²) in [6.07, 6.45) is 0. The van der Waals surface area contributed by atoms with Gasteiger partial charge in [-0.05, 0) is 25.1 Å². The molecule has 19 heavy (non-hydrogen) atoms. The van der Waals surface area contributed by atoms with Gasteiger partial charge in [0.1, 0.15) is 5.69 Å². The van der Waals surface area contributed by atoms with Crippen LogP contribution in [0, 0.1) is 6.92 Å². The third-order valence-corrected chi connectivity index (χ3v) is 2.86. The molecule has 0 bridgehead atoms. The van der Waals surface area contributed by atoms with E-state index in [4.69, 9.17) is 16.7 Å². The van der Waals surface area contributed by atoms with Crippen molar-refractivity contribution in [3.05, 3.63) is 52.3 Å². The molecule has 1 aromatic heterocycles. The highest BCUT2D eigenvalue weighted by atomic mass is 35.5. The fourth-order valence-corrected chi connectivity index (χ4v) is 1.91. The molecule has 98 valence electrons. The summed E-state index contributed by atoms with van der Waals surface area (Å²) in [5, 5.41) is 11.9. The number of aryl methyl sites for hydroxylation is 1. The fourth-order valence-electron chi connectivity index (χ4n) is 1.69. The molecule has 0 saturated heterocycles. The summed E-state index contributed by atoms with van der Waals surface area (Å²) in [5.74, 6) is -1.59. The molecule has 0 atom stereocenters. The Hall–Kier alpha value is -2.27. The van der Waals surface area contributed by atoms with Gasteiger partial charge in [0.15, 0.2) is 0 Å². The molecule has 0 fully saturated rings. The Bertz CT molecular complexity index is 649. The van der Waals surface area contributed by atoms with E-state index in [0.717, 1.165) is 0 Å². The minimum atomic E-state index is -1.14. The van der Waals surface area contributed by atoms with Gasteiger partial charge in [-0.2, -0.15) is 0 Å². The monoisotopic (exact) mass is 278 g/mol. The Balaban J connectivity index is 2.29. The van der Waals surface area contributed by atoms with E-state index in [0.29, 0.717) is 16.3 Å². The SMILES string of the molecule is Cc1cc(NC(=O)c2ccccc2Cl)c(C(=O)O)[nH]1. The first-order valence-electron chi connectivity index (χ1n) is 5.48. The van der Waals surface area contributed by atoms with Crippen molar-refractivity contribution in [3.63, 3.8) is 0 Å². The predicted molar refractivity (Wildman–Crippen MR) is 71.9 cm³/mol. The number of amides is 1. The maximum absolute atomic E-state index is 12.0. The minimum Gasteiger partial charge on any atom is -0.477 e. The number of H-pyrrole nitrogens is 1. The number of carbonyl (C=O) groups is 2. The number of carboxylic acids is 1. The molecule has 0 unspecified atom stereocenters. The molecule has 1 amide bonds. The van der Waals surface area contributed by atoms with Crippen molar-refractivity contribution in [1.82, 2.24) is 4.98 Å². The van der Waals surface area contributed by atoms with Crippen molar-refractivity contribution in [2.24, 2.45) is 0 Å². The van der Waals surface area contributed by atoms with Crippen LogP contribution in [-0.4, -0.2) is 22.0 Å². The largest absolute Gasteiger partial charge is 0.477 e. The highest BCUT2D eigenvalue weighted by molar-refractivity contribution is 6.34. The molecule has 0 saturated carbocycles. The highest BCUT2D eigenvalue weighted by Gasteiger charge is 2.17. The topological polar surface area (TPSA) is 82.2 Å². The van der Waals surface area contributed by atoms with E-state index in [1.165, 1.54) is 0 Å². The summed E-state index contributed by atoms with van der Waals surface area (Å²) in [6, 6.07) is 8.11. The van der Waals surface area contributed by atoms with Crippen LogP contribution in [0.5, 0.6) is 0 Å². The second-order valence-electron chi connectivity index (χ2n) is 3.98. The van der Waals surface area contributed by atoms with Crippen LogP contribution >= 0.6 is 11.6 Å². The second-order valence-corrected chi connectivity index (χ2v) is 4.39. The van der Waals surface area contributed by atoms with Crippen LogP contribution in [0.4, 0.5) is 5.69 Å². The van der Waals surface area contributed by atoms with Crippen LogP contribution in [0.15, 0.2) is 30.3 Å². The van der Waals surface area contributed by atoms with Crippen LogP contribution in [0.25, 0.3) is 0 Å². The van der Waals surface area contributed by atoms with E-state index in [9.17, 15) is 9.59 Å². The standard InChI is InChI=1S/C13H11ClN2O3/c1-7-6-10(11(15-7)13(18)19)16-12(17)8-4-2-3-5-9(8)14/h2-6,15H,1H3,(H,16,17)(H,18,19). The van der Waals surface area contributed by atoms with E-state index in [1.54, 1.807) is 37.3 Å². The summed E-state index contributed by atoms with van der Waals surface area (Å²) < 4.78 is 0. The lowest BCUT2D eigenvalue weighted by Crippen LogP contribution is -2.14. The fraction of sp³-hybridized carbons (Fsp3) is 0.0769. The van der Waals surface area contributed by atoms with Crippen molar-refractivity contribution in [1.29, 1.82) is 0 Å². The lowest BCUT2D eigenvalue weighted by molar-refractivity contribution is 0.0692. The maximum Gasteiger partial charge on any atom is 0.354 e. The second kappa shape index (κ2) is 5.16. The Morgan fingerprint density at radius 3 is 2.63 bits per heavy atom. The van der Waals surface area contributed by atoms with Crippen LogP contribution in [0.3, 0.4) is 0 Å². The highest BCUT2D eigenvalue weighted by Crippen LogP contribution is 2.20. The number of hydrogen-bond acceptors (Lipinski definition) is 2. The number of aromatic carboxylic acids is 1. The van der Waals surface area contributed by atoms with Gasteiger partial charge in [0.25, 0.3) is 5.91 Å². The number of aromatic amines is 1. The first-order valence-corrected chi connectivity index (χ1v) is 5.85. The van der Waals surface area contributed by atoms with Gasteiger partial charge < -0.3 is 15.4 Å². The molecule has 0 spiro atoms. The van der Waals surface area contributed by atoms with Crippen molar-refractivity contribution in [2.75, 3.05) is 5.32 Å². The van der Waals surface area contributed by atoms with Crippen LogP contribution in [0.1, 0.15) is 26.5 Å². The first-order chi connectivity index (χ1) is 8.99. The number of halogens is 1. The molecule has 0 aliphatic carbocycles. The molecule has 0 aliphatic rings. The zero-order valence-corrected chi connectivity index (χ0v) is 10.8. The minimum absolute atomic E-state index is 0.0575. The molecular weight excluding hydrogens is 268 g/mol. The molecule has 6 heteroatoms. The smallest absolute Gasteiger partial charge is 0.354 e. The van der Waals surface area contributed by atoms with E-state index in [1.807, 2.05) is 0 Å². The third kappa shape index (κ3) is 2.77. The van der Waals surface area contributed by atoms with Crippen LogP contribution < -0.4 is 5.32 Å². The van der Waals surface area contributed by atoms with Gasteiger partial charge in [-0.1, -0.05) is 23.7 Å².